The van der Waals surface area contributed by atoms with Crippen molar-refractivity contribution in [2.24, 2.45) is 0 Å². The number of aromatic nitrogens is 2. The highest BCUT2D eigenvalue weighted by Gasteiger charge is 2.31. The Kier molecular flexibility index (Phi) is 5.18. The number of imidazole rings is 1. The number of ether oxygens (including phenoxy) is 1. The van der Waals surface area contributed by atoms with E-state index < -0.39 is 21.3 Å². The lowest BCUT2D eigenvalue weighted by Crippen LogP contribution is -2.43. The number of nitro benzene ring substituents is 1. The smallest absolute Gasteiger partial charge is 0.410 e. The predicted octanol–water partition coefficient (Wildman–Crippen LogP) is 2.98. The number of nitro groups is 1. The van der Waals surface area contributed by atoms with Crippen LogP contribution in [0.2, 0.25) is 0 Å². The topological polar surface area (TPSA) is 118 Å². The molecular formula is C17H22N4O5S. The van der Waals surface area contributed by atoms with Crippen LogP contribution in [0.1, 0.15) is 33.6 Å². The van der Waals surface area contributed by atoms with E-state index in [1.54, 1.807) is 4.90 Å². The maximum absolute atomic E-state index is 12.8. The largest absolute Gasteiger partial charge is 0.444 e. The fraction of sp³-hybridized carbons (Fsp3) is 0.529. The molecule has 10 heteroatoms. The molecule has 27 heavy (non-hydrogen) atoms. The standard InChI is InChI=1S/C17H22N4O5S/c1-17(2,3)26-16(22)20-8-6-12(7-9-20)27(25)15-18-13-5-4-11(21(23)24)10-14(13)19-15/h4-5,10,12H,6-9H2,1-3H3,(H,18,19)/t27-/m0/s1. The summed E-state index contributed by atoms with van der Waals surface area (Å²) in [6.45, 7) is 6.39. The summed E-state index contributed by atoms with van der Waals surface area (Å²) in [5, 5.41) is 11.0. The molecule has 1 saturated heterocycles. The van der Waals surface area contributed by atoms with Gasteiger partial charge in [0.15, 0.2) is 5.16 Å². The summed E-state index contributed by atoms with van der Waals surface area (Å²) in [5.41, 5.74) is 0.427. The fourth-order valence-corrected chi connectivity index (χ4v) is 4.27. The van der Waals surface area contributed by atoms with Gasteiger partial charge < -0.3 is 14.6 Å². The van der Waals surface area contributed by atoms with Gasteiger partial charge in [-0.2, -0.15) is 0 Å². The van der Waals surface area contributed by atoms with Gasteiger partial charge in [-0.25, -0.2) is 9.78 Å². The second-order valence-corrected chi connectivity index (χ2v) is 9.11. The molecule has 0 bridgehead atoms. The lowest BCUT2D eigenvalue weighted by molar-refractivity contribution is -0.384. The molecule has 1 aromatic carbocycles. The summed E-state index contributed by atoms with van der Waals surface area (Å²) in [6.07, 6.45) is 0.786. The number of benzene rings is 1. The molecule has 1 amide bonds. The number of hydrogen-bond acceptors (Lipinski definition) is 6. The number of H-pyrrole nitrogens is 1. The minimum absolute atomic E-state index is 0.0471. The van der Waals surface area contributed by atoms with Crippen molar-refractivity contribution < 1.29 is 18.7 Å². The molecule has 0 saturated carbocycles. The first-order valence-electron chi connectivity index (χ1n) is 8.67. The van der Waals surface area contributed by atoms with Crippen LogP contribution in [0.25, 0.3) is 11.0 Å². The van der Waals surface area contributed by atoms with Crippen molar-refractivity contribution in [1.29, 1.82) is 0 Å². The molecule has 1 aliphatic rings. The van der Waals surface area contributed by atoms with E-state index in [-0.39, 0.29) is 17.0 Å². The zero-order chi connectivity index (χ0) is 19.8. The average Bonchev–Trinajstić information content (AvgIpc) is 3.02. The highest BCUT2D eigenvalue weighted by molar-refractivity contribution is 7.85. The summed E-state index contributed by atoms with van der Waals surface area (Å²) in [6, 6.07) is 4.29. The molecule has 1 atom stereocenters. The van der Waals surface area contributed by atoms with E-state index in [0.717, 1.165) is 0 Å². The van der Waals surface area contributed by atoms with Gasteiger partial charge in [0.05, 0.1) is 26.8 Å². The predicted molar refractivity (Wildman–Crippen MR) is 100.0 cm³/mol. The van der Waals surface area contributed by atoms with Gasteiger partial charge in [-0.1, -0.05) is 0 Å². The highest BCUT2D eigenvalue weighted by atomic mass is 32.2. The Labute approximate surface area is 158 Å². The zero-order valence-corrected chi connectivity index (χ0v) is 16.2. The van der Waals surface area contributed by atoms with Crippen LogP contribution in [-0.4, -0.2) is 54.0 Å². The summed E-state index contributed by atoms with van der Waals surface area (Å²) in [7, 11) is -1.38. The van der Waals surface area contributed by atoms with Crippen molar-refractivity contribution in [3.8, 4) is 0 Å². The van der Waals surface area contributed by atoms with Gasteiger partial charge >= 0.3 is 6.09 Å². The van der Waals surface area contributed by atoms with E-state index in [0.29, 0.717) is 42.1 Å². The molecule has 0 spiro atoms. The quantitative estimate of drug-likeness (QED) is 0.631. The van der Waals surface area contributed by atoms with Crippen LogP contribution in [0.4, 0.5) is 10.5 Å². The van der Waals surface area contributed by atoms with Crippen LogP contribution in [0.5, 0.6) is 0 Å². The van der Waals surface area contributed by atoms with Crippen molar-refractivity contribution in [2.45, 2.75) is 49.6 Å². The van der Waals surface area contributed by atoms with Crippen molar-refractivity contribution in [1.82, 2.24) is 14.9 Å². The van der Waals surface area contributed by atoms with Gasteiger partial charge in [0.25, 0.3) is 5.69 Å². The van der Waals surface area contributed by atoms with E-state index in [4.69, 9.17) is 4.74 Å². The normalized spacial score (nSPS) is 17.1. The molecular weight excluding hydrogens is 372 g/mol. The molecule has 1 N–H and O–H groups in total. The minimum Gasteiger partial charge on any atom is -0.444 e. The first kappa shape index (κ1) is 19.3. The van der Waals surface area contributed by atoms with Crippen LogP contribution >= 0.6 is 0 Å². The fourth-order valence-electron chi connectivity index (χ4n) is 2.92. The number of non-ortho nitro benzene ring substituents is 1. The number of likely N-dealkylation sites (tertiary alicyclic amines) is 1. The Morgan fingerprint density at radius 2 is 2.04 bits per heavy atom. The van der Waals surface area contributed by atoms with Crippen molar-refractivity contribution >= 4 is 33.6 Å². The Morgan fingerprint density at radius 1 is 1.37 bits per heavy atom. The molecule has 2 heterocycles. The Balaban J connectivity index is 1.66. The van der Waals surface area contributed by atoms with Gasteiger partial charge in [0, 0.05) is 30.5 Å². The monoisotopic (exact) mass is 394 g/mol. The molecule has 9 nitrogen and oxygen atoms in total. The molecule has 1 fully saturated rings. The number of aromatic amines is 1. The van der Waals surface area contributed by atoms with Crippen LogP contribution in [0.3, 0.4) is 0 Å². The van der Waals surface area contributed by atoms with E-state index in [9.17, 15) is 19.1 Å². The van der Waals surface area contributed by atoms with E-state index in [1.165, 1.54) is 18.2 Å². The SMILES string of the molecule is CC(C)(C)OC(=O)N1CCC([S@](=O)c2nc3ccc([N+](=O)[O-])cc3[nH]2)CC1. The number of rotatable bonds is 3. The number of hydrogen-bond donors (Lipinski definition) is 1. The Morgan fingerprint density at radius 3 is 2.63 bits per heavy atom. The van der Waals surface area contributed by atoms with Crippen LogP contribution in [-0.2, 0) is 15.5 Å². The zero-order valence-electron chi connectivity index (χ0n) is 15.4. The van der Waals surface area contributed by atoms with Gasteiger partial charge in [0.1, 0.15) is 5.60 Å². The number of nitrogens with one attached hydrogen (secondary N) is 1. The van der Waals surface area contributed by atoms with Crippen LogP contribution < -0.4 is 0 Å². The van der Waals surface area contributed by atoms with E-state index in [1.807, 2.05) is 20.8 Å². The molecule has 0 aliphatic carbocycles. The number of fused-ring (bicyclic) bond motifs is 1. The molecule has 1 aromatic heterocycles. The second kappa shape index (κ2) is 7.26. The third kappa shape index (κ3) is 4.44. The van der Waals surface area contributed by atoms with Crippen molar-refractivity contribution in [2.75, 3.05) is 13.1 Å². The van der Waals surface area contributed by atoms with Gasteiger partial charge in [-0.3, -0.25) is 14.3 Å². The Hall–Kier alpha value is -2.49. The second-order valence-electron chi connectivity index (χ2n) is 7.46. The number of carbonyl (C=O) groups is 1. The number of nitrogens with zero attached hydrogens (tertiary/aromatic N) is 3. The first-order chi connectivity index (χ1) is 12.6. The van der Waals surface area contributed by atoms with Crippen LogP contribution in [0.15, 0.2) is 23.4 Å². The number of amides is 1. The van der Waals surface area contributed by atoms with Gasteiger partial charge in [-0.15, -0.1) is 0 Å². The highest BCUT2D eigenvalue weighted by Crippen LogP contribution is 2.24. The van der Waals surface area contributed by atoms with Gasteiger partial charge in [0.2, 0.25) is 0 Å². The van der Waals surface area contributed by atoms with Gasteiger partial charge in [-0.05, 0) is 39.7 Å². The lowest BCUT2D eigenvalue weighted by atomic mass is 10.1. The third-order valence-electron chi connectivity index (χ3n) is 4.24. The molecule has 3 rings (SSSR count). The number of piperidine rings is 1. The third-order valence-corrected chi connectivity index (χ3v) is 5.89. The maximum Gasteiger partial charge on any atom is 0.410 e. The van der Waals surface area contributed by atoms with E-state index >= 15 is 0 Å². The summed E-state index contributed by atoms with van der Waals surface area (Å²) >= 11 is 0. The first-order valence-corrected chi connectivity index (χ1v) is 9.88. The molecule has 146 valence electrons. The molecule has 1 aliphatic heterocycles. The Bertz CT molecular complexity index is 896. The van der Waals surface area contributed by atoms with Crippen LogP contribution in [0, 0.1) is 10.1 Å². The summed E-state index contributed by atoms with van der Waals surface area (Å²) in [5.74, 6) is 0. The molecule has 0 unspecified atom stereocenters. The summed E-state index contributed by atoms with van der Waals surface area (Å²) < 4.78 is 18.2. The van der Waals surface area contributed by atoms with E-state index in [2.05, 4.69) is 9.97 Å². The van der Waals surface area contributed by atoms with Crippen molar-refractivity contribution in [3.63, 3.8) is 0 Å². The van der Waals surface area contributed by atoms with Crippen molar-refractivity contribution in [3.05, 3.63) is 28.3 Å². The maximum atomic E-state index is 12.8. The minimum atomic E-state index is -1.38. The lowest BCUT2D eigenvalue weighted by Gasteiger charge is -2.32. The number of carbonyl (C=O) groups excluding carboxylic acids is 1. The molecule has 0 radical (unpaired) electrons. The average molecular weight is 394 g/mol. The summed E-state index contributed by atoms with van der Waals surface area (Å²) in [4.78, 5) is 31.4. The molecule has 2 aromatic rings.